The number of hydrogen-bond donors (Lipinski definition) is 2. The third-order valence-electron chi connectivity index (χ3n) is 5.63. The summed E-state index contributed by atoms with van der Waals surface area (Å²) in [7, 11) is -3.54. The minimum Gasteiger partial charge on any atom is -0.326 e. The molecule has 3 rings (SSSR count). The van der Waals surface area contributed by atoms with Crippen molar-refractivity contribution in [2.24, 2.45) is 5.92 Å². The Morgan fingerprint density at radius 2 is 1.89 bits per heavy atom. The van der Waals surface area contributed by atoms with E-state index >= 15 is 0 Å². The van der Waals surface area contributed by atoms with Crippen LogP contribution in [0.2, 0.25) is 0 Å². The fraction of sp³-hybridized carbons (Fsp3) is 0.650. The van der Waals surface area contributed by atoms with Crippen molar-refractivity contribution >= 4 is 21.6 Å². The van der Waals surface area contributed by atoms with Gasteiger partial charge in [0.2, 0.25) is 15.9 Å². The number of benzene rings is 1. The first kappa shape index (κ1) is 20.3. The van der Waals surface area contributed by atoms with Gasteiger partial charge in [0.1, 0.15) is 0 Å². The van der Waals surface area contributed by atoms with Gasteiger partial charge in [0.05, 0.1) is 4.90 Å². The second-order valence-electron chi connectivity index (χ2n) is 7.86. The summed E-state index contributed by atoms with van der Waals surface area (Å²) in [5.41, 5.74) is 1.28. The van der Waals surface area contributed by atoms with E-state index in [4.69, 9.17) is 0 Å². The quantitative estimate of drug-likeness (QED) is 0.824. The summed E-state index contributed by atoms with van der Waals surface area (Å²) in [6.45, 7) is 5.88. The SMILES string of the molecule is Cc1ccc(NC(=O)[C@H]2CCN[C@@H](C)C2)cc1S(=O)(=O)N1CCCCCC1. The smallest absolute Gasteiger partial charge is 0.243 e. The first-order valence-electron chi connectivity index (χ1n) is 10.0. The van der Waals surface area contributed by atoms with Gasteiger partial charge < -0.3 is 10.6 Å². The maximum atomic E-state index is 13.1. The first-order valence-corrected chi connectivity index (χ1v) is 11.5. The molecule has 0 radical (unpaired) electrons. The van der Waals surface area contributed by atoms with Gasteiger partial charge in [0, 0.05) is 30.7 Å². The third kappa shape index (κ3) is 4.89. The van der Waals surface area contributed by atoms with Gasteiger partial charge in [0.25, 0.3) is 0 Å². The van der Waals surface area contributed by atoms with Crippen LogP contribution in [0.25, 0.3) is 0 Å². The summed E-state index contributed by atoms with van der Waals surface area (Å²) in [5.74, 6) is -0.0569. The van der Waals surface area contributed by atoms with Crippen LogP contribution < -0.4 is 10.6 Å². The molecular formula is C20H31N3O3S. The lowest BCUT2D eigenvalue weighted by atomic mass is 9.92. The summed E-state index contributed by atoms with van der Waals surface area (Å²) in [6, 6.07) is 5.52. The Morgan fingerprint density at radius 3 is 2.56 bits per heavy atom. The van der Waals surface area contributed by atoms with Crippen molar-refractivity contribution in [3.8, 4) is 0 Å². The van der Waals surface area contributed by atoms with Crippen molar-refractivity contribution < 1.29 is 13.2 Å². The van der Waals surface area contributed by atoms with Crippen molar-refractivity contribution in [2.75, 3.05) is 25.0 Å². The molecule has 0 saturated carbocycles. The number of sulfonamides is 1. The normalized spacial score (nSPS) is 25.0. The highest BCUT2D eigenvalue weighted by molar-refractivity contribution is 7.89. The van der Waals surface area contributed by atoms with Crippen LogP contribution >= 0.6 is 0 Å². The van der Waals surface area contributed by atoms with Gasteiger partial charge in [-0.25, -0.2) is 8.42 Å². The molecule has 1 aromatic rings. The molecule has 2 aliphatic heterocycles. The average molecular weight is 394 g/mol. The molecule has 27 heavy (non-hydrogen) atoms. The lowest BCUT2D eigenvalue weighted by Crippen LogP contribution is -2.40. The molecule has 0 aromatic heterocycles. The van der Waals surface area contributed by atoms with Gasteiger partial charge in [-0.3, -0.25) is 4.79 Å². The van der Waals surface area contributed by atoms with E-state index in [-0.39, 0.29) is 11.8 Å². The lowest BCUT2D eigenvalue weighted by molar-refractivity contribution is -0.120. The molecule has 150 valence electrons. The largest absolute Gasteiger partial charge is 0.326 e. The van der Waals surface area contributed by atoms with Gasteiger partial charge in [0.15, 0.2) is 0 Å². The van der Waals surface area contributed by atoms with E-state index in [0.29, 0.717) is 35.3 Å². The highest BCUT2D eigenvalue weighted by atomic mass is 32.2. The molecule has 2 saturated heterocycles. The van der Waals surface area contributed by atoms with Crippen LogP contribution in [0.1, 0.15) is 51.0 Å². The zero-order valence-electron chi connectivity index (χ0n) is 16.3. The maximum Gasteiger partial charge on any atom is 0.243 e. The number of anilines is 1. The molecular weight excluding hydrogens is 362 g/mol. The van der Waals surface area contributed by atoms with E-state index in [9.17, 15) is 13.2 Å². The fourth-order valence-corrected chi connectivity index (χ4v) is 5.76. The summed E-state index contributed by atoms with van der Waals surface area (Å²) in [5, 5.41) is 6.28. The Hall–Kier alpha value is -1.44. The number of hydrogen-bond acceptors (Lipinski definition) is 4. The Morgan fingerprint density at radius 1 is 1.19 bits per heavy atom. The number of nitrogens with zero attached hydrogens (tertiary/aromatic N) is 1. The number of carbonyl (C=O) groups excluding carboxylic acids is 1. The zero-order chi connectivity index (χ0) is 19.4. The van der Waals surface area contributed by atoms with Crippen molar-refractivity contribution in [2.45, 2.75) is 63.3 Å². The zero-order valence-corrected chi connectivity index (χ0v) is 17.1. The predicted octanol–water partition coefficient (Wildman–Crippen LogP) is 2.89. The summed E-state index contributed by atoms with van der Waals surface area (Å²) < 4.78 is 27.9. The number of amides is 1. The minimum absolute atomic E-state index is 0.0228. The van der Waals surface area contributed by atoms with Crippen molar-refractivity contribution in [3.05, 3.63) is 23.8 Å². The molecule has 2 aliphatic rings. The van der Waals surface area contributed by atoms with Gasteiger partial charge in [-0.2, -0.15) is 4.31 Å². The minimum atomic E-state index is -3.54. The summed E-state index contributed by atoms with van der Waals surface area (Å²) in [4.78, 5) is 12.9. The number of carbonyl (C=O) groups is 1. The average Bonchev–Trinajstić information content (AvgIpc) is 2.93. The van der Waals surface area contributed by atoms with Crippen molar-refractivity contribution in [3.63, 3.8) is 0 Å². The van der Waals surface area contributed by atoms with Gasteiger partial charge in [-0.05, 0) is 63.8 Å². The number of piperidine rings is 1. The Labute approximate surface area is 162 Å². The van der Waals surface area contributed by atoms with Crippen LogP contribution in [0.15, 0.2) is 23.1 Å². The fourth-order valence-electron chi connectivity index (χ4n) is 3.99. The second-order valence-corrected chi connectivity index (χ2v) is 9.77. The van der Waals surface area contributed by atoms with Crippen LogP contribution in [-0.4, -0.2) is 44.3 Å². The van der Waals surface area contributed by atoms with E-state index in [1.165, 1.54) is 0 Å². The topological polar surface area (TPSA) is 78.5 Å². The Bertz CT molecular complexity index is 771. The van der Waals surface area contributed by atoms with Gasteiger partial charge in [-0.15, -0.1) is 0 Å². The first-order chi connectivity index (χ1) is 12.9. The predicted molar refractivity (Wildman–Crippen MR) is 107 cm³/mol. The molecule has 2 heterocycles. The molecule has 1 aromatic carbocycles. The van der Waals surface area contributed by atoms with Crippen LogP contribution in [0.3, 0.4) is 0 Å². The molecule has 2 atom stereocenters. The highest BCUT2D eigenvalue weighted by Gasteiger charge is 2.28. The Kier molecular flexibility index (Phi) is 6.55. The molecule has 0 unspecified atom stereocenters. The monoisotopic (exact) mass is 393 g/mol. The van der Waals surface area contributed by atoms with E-state index in [2.05, 4.69) is 17.6 Å². The highest BCUT2D eigenvalue weighted by Crippen LogP contribution is 2.26. The van der Waals surface area contributed by atoms with Crippen molar-refractivity contribution in [1.82, 2.24) is 9.62 Å². The number of nitrogens with one attached hydrogen (secondary N) is 2. The van der Waals surface area contributed by atoms with Gasteiger partial charge >= 0.3 is 0 Å². The summed E-state index contributed by atoms with van der Waals surface area (Å²) in [6.07, 6.45) is 5.58. The molecule has 0 spiro atoms. The van der Waals surface area contributed by atoms with E-state index < -0.39 is 10.0 Å². The van der Waals surface area contributed by atoms with Crippen LogP contribution in [0, 0.1) is 12.8 Å². The number of rotatable bonds is 4. The van der Waals surface area contributed by atoms with Crippen LogP contribution in [0.4, 0.5) is 5.69 Å². The van der Waals surface area contributed by atoms with Crippen LogP contribution in [0.5, 0.6) is 0 Å². The van der Waals surface area contributed by atoms with Crippen LogP contribution in [-0.2, 0) is 14.8 Å². The molecule has 1 amide bonds. The standard InChI is InChI=1S/C20H31N3O3S/c1-15-7-8-18(22-20(24)17-9-10-21-16(2)13-17)14-19(15)27(25,26)23-11-5-3-4-6-12-23/h7-8,14,16-17,21H,3-6,9-13H2,1-2H3,(H,22,24)/t16-,17-/m0/s1. The molecule has 0 aliphatic carbocycles. The lowest BCUT2D eigenvalue weighted by Gasteiger charge is -2.27. The summed E-state index contributed by atoms with van der Waals surface area (Å²) >= 11 is 0. The second kappa shape index (κ2) is 8.71. The molecule has 2 fully saturated rings. The third-order valence-corrected chi connectivity index (χ3v) is 7.67. The number of aryl methyl sites for hydroxylation is 1. The van der Waals surface area contributed by atoms with Crippen molar-refractivity contribution in [1.29, 1.82) is 0 Å². The Balaban J connectivity index is 1.78. The molecule has 7 heteroatoms. The molecule has 0 bridgehead atoms. The van der Waals surface area contributed by atoms with E-state index in [0.717, 1.165) is 45.1 Å². The molecule has 6 nitrogen and oxygen atoms in total. The van der Waals surface area contributed by atoms with Gasteiger partial charge in [-0.1, -0.05) is 18.9 Å². The van der Waals surface area contributed by atoms with E-state index in [1.54, 1.807) is 22.5 Å². The maximum absolute atomic E-state index is 13.1. The van der Waals surface area contributed by atoms with E-state index in [1.807, 2.05) is 6.92 Å². The molecule has 2 N–H and O–H groups in total.